The fourth-order valence-corrected chi connectivity index (χ4v) is 3.12. The number of alkyl halides is 6. The van der Waals surface area contributed by atoms with Crippen LogP contribution in [0.15, 0.2) is 17.0 Å². The molecule has 0 fully saturated rings. The Kier molecular flexibility index (Phi) is 4.36. The third-order valence-electron chi connectivity index (χ3n) is 2.46. The standard InChI is InChI=1S/C10H7ClF6O2S/c1-2-5-3-4-6(9(12,13)14)8(20(11,18)19)7(5)10(15,16)17/h3-4H,2H2,1H3. The Bertz CT molecular complexity index is 618. The van der Waals surface area contributed by atoms with Crippen molar-refractivity contribution in [3.8, 4) is 0 Å². The lowest BCUT2D eigenvalue weighted by atomic mass is 10.0. The smallest absolute Gasteiger partial charge is 0.207 e. The van der Waals surface area contributed by atoms with Crippen LogP contribution in [0.1, 0.15) is 23.6 Å². The number of aryl methyl sites for hydroxylation is 1. The van der Waals surface area contributed by atoms with E-state index in [-0.39, 0.29) is 12.5 Å². The van der Waals surface area contributed by atoms with Gasteiger partial charge in [0, 0.05) is 10.7 Å². The topological polar surface area (TPSA) is 34.1 Å². The molecule has 0 saturated carbocycles. The van der Waals surface area contributed by atoms with Crippen LogP contribution >= 0.6 is 10.7 Å². The van der Waals surface area contributed by atoms with E-state index in [0.29, 0.717) is 6.07 Å². The van der Waals surface area contributed by atoms with Crippen LogP contribution < -0.4 is 0 Å². The zero-order valence-electron chi connectivity index (χ0n) is 9.73. The van der Waals surface area contributed by atoms with E-state index >= 15 is 0 Å². The highest BCUT2D eigenvalue weighted by atomic mass is 35.7. The molecule has 0 saturated heterocycles. The summed E-state index contributed by atoms with van der Waals surface area (Å²) >= 11 is 0. The van der Waals surface area contributed by atoms with Crippen molar-refractivity contribution in [1.82, 2.24) is 0 Å². The number of benzene rings is 1. The highest BCUT2D eigenvalue weighted by Crippen LogP contribution is 2.44. The highest BCUT2D eigenvalue weighted by molar-refractivity contribution is 8.13. The first kappa shape index (κ1) is 17.1. The Balaban J connectivity index is 3.97. The van der Waals surface area contributed by atoms with Gasteiger partial charge in [-0.15, -0.1) is 0 Å². The molecule has 0 heterocycles. The quantitative estimate of drug-likeness (QED) is 0.597. The molecule has 0 atom stereocenters. The molecule has 0 aliphatic rings. The van der Waals surface area contributed by atoms with Gasteiger partial charge >= 0.3 is 12.4 Å². The SMILES string of the molecule is CCc1ccc(C(F)(F)F)c(S(=O)(=O)Cl)c1C(F)(F)F. The van der Waals surface area contributed by atoms with E-state index < -0.39 is 43.0 Å². The lowest BCUT2D eigenvalue weighted by molar-refractivity contribution is -0.147. The van der Waals surface area contributed by atoms with Crippen molar-refractivity contribution in [2.75, 3.05) is 0 Å². The van der Waals surface area contributed by atoms with Gasteiger partial charge in [0.05, 0.1) is 11.1 Å². The van der Waals surface area contributed by atoms with Crippen LogP contribution in [-0.4, -0.2) is 8.42 Å². The van der Waals surface area contributed by atoms with E-state index in [4.69, 9.17) is 10.7 Å². The lowest BCUT2D eigenvalue weighted by Crippen LogP contribution is -2.20. The predicted molar refractivity (Wildman–Crippen MR) is 58.9 cm³/mol. The van der Waals surface area contributed by atoms with E-state index in [1.54, 1.807) is 0 Å². The van der Waals surface area contributed by atoms with E-state index in [9.17, 15) is 34.8 Å². The second-order valence-corrected chi connectivity index (χ2v) is 6.27. The van der Waals surface area contributed by atoms with Gasteiger partial charge in [0.15, 0.2) is 0 Å². The van der Waals surface area contributed by atoms with E-state index in [1.165, 1.54) is 6.92 Å². The van der Waals surface area contributed by atoms with Gasteiger partial charge < -0.3 is 0 Å². The molecule has 114 valence electrons. The van der Waals surface area contributed by atoms with Crippen molar-refractivity contribution in [3.05, 3.63) is 28.8 Å². The fraction of sp³-hybridized carbons (Fsp3) is 0.400. The Morgan fingerprint density at radius 2 is 1.55 bits per heavy atom. The summed E-state index contributed by atoms with van der Waals surface area (Å²) in [5, 5.41) is 0. The Morgan fingerprint density at radius 1 is 1.05 bits per heavy atom. The average molecular weight is 341 g/mol. The Labute approximate surface area is 114 Å². The number of hydrogen-bond donors (Lipinski definition) is 0. The third-order valence-corrected chi connectivity index (χ3v) is 3.83. The minimum Gasteiger partial charge on any atom is -0.207 e. The molecule has 0 bridgehead atoms. The lowest BCUT2D eigenvalue weighted by Gasteiger charge is -2.19. The van der Waals surface area contributed by atoms with Crippen LogP contribution in [-0.2, 0) is 27.8 Å². The van der Waals surface area contributed by atoms with Crippen LogP contribution in [0.3, 0.4) is 0 Å². The molecule has 20 heavy (non-hydrogen) atoms. The molecule has 0 spiro atoms. The largest absolute Gasteiger partial charge is 0.417 e. The fourth-order valence-electron chi connectivity index (χ4n) is 1.71. The summed E-state index contributed by atoms with van der Waals surface area (Å²) in [6, 6.07) is 0.876. The molecule has 0 amide bonds. The molecule has 0 aromatic heterocycles. The zero-order valence-corrected chi connectivity index (χ0v) is 11.3. The second-order valence-electron chi connectivity index (χ2n) is 3.76. The van der Waals surface area contributed by atoms with Crippen molar-refractivity contribution < 1.29 is 34.8 Å². The molecule has 10 heteroatoms. The summed E-state index contributed by atoms with van der Waals surface area (Å²) in [6.45, 7) is 1.25. The van der Waals surface area contributed by atoms with Crippen LogP contribution in [0, 0.1) is 0 Å². The van der Waals surface area contributed by atoms with Crippen LogP contribution in [0.25, 0.3) is 0 Å². The van der Waals surface area contributed by atoms with Crippen molar-refractivity contribution in [1.29, 1.82) is 0 Å². The molecule has 0 radical (unpaired) electrons. The van der Waals surface area contributed by atoms with Gasteiger partial charge in [-0.05, 0) is 18.1 Å². The Morgan fingerprint density at radius 3 is 1.85 bits per heavy atom. The van der Waals surface area contributed by atoms with Gasteiger partial charge in [0.2, 0.25) is 0 Å². The molecule has 0 aliphatic heterocycles. The van der Waals surface area contributed by atoms with Gasteiger partial charge in [-0.3, -0.25) is 0 Å². The first-order valence-corrected chi connectivity index (χ1v) is 7.36. The monoisotopic (exact) mass is 340 g/mol. The third kappa shape index (κ3) is 3.38. The number of hydrogen-bond acceptors (Lipinski definition) is 2. The first-order chi connectivity index (χ1) is 8.80. The highest BCUT2D eigenvalue weighted by Gasteiger charge is 2.45. The summed E-state index contributed by atoms with van der Waals surface area (Å²) in [4.78, 5) is -1.95. The molecular formula is C10H7ClF6O2S. The van der Waals surface area contributed by atoms with Crippen molar-refractivity contribution in [3.63, 3.8) is 0 Å². The van der Waals surface area contributed by atoms with Gasteiger partial charge in [0.25, 0.3) is 9.05 Å². The first-order valence-electron chi connectivity index (χ1n) is 5.05. The summed E-state index contributed by atoms with van der Waals surface area (Å²) in [5.41, 5.74) is -4.38. The van der Waals surface area contributed by atoms with Gasteiger partial charge in [0.1, 0.15) is 4.90 Å². The maximum atomic E-state index is 12.9. The molecule has 1 aromatic carbocycles. The minimum atomic E-state index is -5.27. The molecule has 2 nitrogen and oxygen atoms in total. The summed E-state index contributed by atoms with van der Waals surface area (Å²) in [6.07, 6.45) is -10.8. The molecule has 1 aromatic rings. The predicted octanol–water partition coefficient (Wildman–Crippen LogP) is 4.21. The number of rotatable bonds is 2. The molecular weight excluding hydrogens is 334 g/mol. The average Bonchev–Trinajstić information content (AvgIpc) is 2.23. The summed E-state index contributed by atoms with van der Waals surface area (Å²) in [7, 11) is -0.449. The van der Waals surface area contributed by atoms with Gasteiger partial charge in [-0.25, -0.2) is 8.42 Å². The van der Waals surface area contributed by atoms with Crippen molar-refractivity contribution >= 4 is 19.7 Å². The summed E-state index contributed by atoms with van der Waals surface area (Å²) < 4.78 is 99.2. The number of halogens is 7. The van der Waals surface area contributed by atoms with Crippen LogP contribution in [0.5, 0.6) is 0 Å². The maximum absolute atomic E-state index is 12.9. The Hall–Kier alpha value is -0.960. The van der Waals surface area contributed by atoms with Crippen LogP contribution in [0.4, 0.5) is 26.3 Å². The summed E-state index contributed by atoms with van der Waals surface area (Å²) in [5.74, 6) is 0. The maximum Gasteiger partial charge on any atom is 0.417 e. The van der Waals surface area contributed by atoms with Crippen molar-refractivity contribution in [2.24, 2.45) is 0 Å². The van der Waals surface area contributed by atoms with Crippen LogP contribution in [0.2, 0.25) is 0 Å². The van der Waals surface area contributed by atoms with Gasteiger partial charge in [-0.2, -0.15) is 26.3 Å². The van der Waals surface area contributed by atoms with E-state index in [0.717, 1.165) is 0 Å². The van der Waals surface area contributed by atoms with E-state index in [1.807, 2.05) is 0 Å². The minimum absolute atomic E-state index is 0.281. The molecule has 0 N–H and O–H groups in total. The second kappa shape index (κ2) is 5.10. The van der Waals surface area contributed by atoms with Crippen molar-refractivity contribution in [2.45, 2.75) is 30.6 Å². The van der Waals surface area contributed by atoms with E-state index in [2.05, 4.69) is 0 Å². The molecule has 1 rings (SSSR count). The zero-order chi connectivity index (χ0) is 15.9. The van der Waals surface area contributed by atoms with Gasteiger partial charge in [-0.1, -0.05) is 13.0 Å². The molecule has 0 aliphatic carbocycles. The normalized spacial score (nSPS) is 13.6. The molecule has 0 unspecified atom stereocenters.